The van der Waals surface area contributed by atoms with Crippen LogP contribution in [0.25, 0.3) is 6.08 Å². The van der Waals surface area contributed by atoms with Crippen LogP contribution in [0.4, 0.5) is 0 Å². The molecule has 0 bridgehead atoms. The van der Waals surface area contributed by atoms with Crippen LogP contribution < -0.4 is 24.3 Å². The van der Waals surface area contributed by atoms with E-state index in [4.69, 9.17) is 18.9 Å². The van der Waals surface area contributed by atoms with Gasteiger partial charge in [-0.15, -0.1) is 0 Å². The molecule has 1 heterocycles. The number of rotatable bonds is 6. The second-order valence-electron chi connectivity index (χ2n) is 7.93. The molecule has 0 radical (unpaired) electrons. The second kappa shape index (κ2) is 8.69. The van der Waals surface area contributed by atoms with Crippen LogP contribution in [0.1, 0.15) is 43.0 Å². The van der Waals surface area contributed by atoms with Gasteiger partial charge in [0.25, 0.3) is 0 Å². The number of fused-ring (bicyclic) bond motifs is 1. The van der Waals surface area contributed by atoms with Crippen LogP contribution >= 0.6 is 0 Å². The molecule has 160 valence electrons. The third-order valence-corrected chi connectivity index (χ3v) is 5.09. The second-order valence-corrected chi connectivity index (χ2v) is 7.93. The highest BCUT2D eigenvalue weighted by Gasteiger charge is 2.34. The number of carbonyl (C=O) groups is 1. The van der Waals surface area contributed by atoms with E-state index in [0.717, 1.165) is 16.9 Å². The van der Waals surface area contributed by atoms with Crippen molar-refractivity contribution in [2.75, 3.05) is 21.3 Å². The Hall–Kier alpha value is -3.15. The van der Waals surface area contributed by atoms with Crippen LogP contribution in [0.3, 0.4) is 0 Å². The van der Waals surface area contributed by atoms with Gasteiger partial charge in [0.2, 0.25) is 11.7 Å². The van der Waals surface area contributed by atoms with Crippen LogP contribution in [-0.4, -0.2) is 32.8 Å². The lowest BCUT2D eigenvalue weighted by Gasteiger charge is -2.38. The molecule has 6 heteroatoms. The molecule has 0 spiro atoms. The van der Waals surface area contributed by atoms with Gasteiger partial charge in [-0.2, -0.15) is 0 Å². The summed E-state index contributed by atoms with van der Waals surface area (Å²) in [6.45, 7) is 6.08. The Balaban J connectivity index is 1.83. The lowest BCUT2D eigenvalue weighted by Crippen LogP contribution is -2.41. The van der Waals surface area contributed by atoms with E-state index in [0.29, 0.717) is 29.2 Å². The number of aryl methyl sites for hydroxylation is 1. The van der Waals surface area contributed by atoms with E-state index >= 15 is 0 Å². The fourth-order valence-electron chi connectivity index (χ4n) is 3.74. The Labute approximate surface area is 177 Å². The van der Waals surface area contributed by atoms with E-state index in [9.17, 15) is 4.79 Å². The predicted molar refractivity (Wildman–Crippen MR) is 117 cm³/mol. The minimum atomic E-state index is -0.365. The minimum Gasteiger partial charge on any atom is -0.493 e. The summed E-state index contributed by atoms with van der Waals surface area (Å²) < 4.78 is 22.3. The molecule has 1 aliphatic rings. The molecule has 0 fully saturated rings. The smallest absolute Gasteiger partial charge is 0.244 e. The standard InChI is InChI=1S/C24H29NO5/c1-15-7-10-19-17(13-15)18(14-24(2,3)30-19)25-21(26)12-9-16-8-11-20(27-4)23(29-6)22(16)28-5/h7-13,18H,14H2,1-6H3,(H,25,26)/b12-9+/t18-/m0/s1. The average Bonchev–Trinajstić information content (AvgIpc) is 2.71. The van der Waals surface area contributed by atoms with Crippen molar-refractivity contribution in [2.45, 2.75) is 38.8 Å². The lowest BCUT2D eigenvalue weighted by atomic mass is 9.89. The zero-order valence-corrected chi connectivity index (χ0v) is 18.4. The van der Waals surface area contributed by atoms with E-state index in [1.54, 1.807) is 33.5 Å². The van der Waals surface area contributed by atoms with Gasteiger partial charge in [-0.3, -0.25) is 4.79 Å². The zero-order chi connectivity index (χ0) is 21.9. The van der Waals surface area contributed by atoms with Gasteiger partial charge in [-0.05, 0) is 45.0 Å². The van der Waals surface area contributed by atoms with Crippen LogP contribution in [0, 0.1) is 6.92 Å². The van der Waals surface area contributed by atoms with Crippen molar-refractivity contribution >= 4 is 12.0 Å². The Kier molecular flexibility index (Phi) is 6.25. The van der Waals surface area contributed by atoms with Crippen molar-refractivity contribution in [1.29, 1.82) is 0 Å². The maximum absolute atomic E-state index is 12.7. The summed E-state index contributed by atoms with van der Waals surface area (Å²) in [5, 5.41) is 3.11. The Bertz CT molecular complexity index is 964. The Morgan fingerprint density at radius 1 is 1.10 bits per heavy atom. The van der Waals surface area contributed by atoms with Gasteiger partial charge < -0.3 is 24.3 Å². The molecule has 0 saturated heterocycles. The van der Waals surface area contributed by atoms with Crippen LogP contribution in [0.2, 0.25) is 0 Å². The quantitative estimate of drug-likeness (QED) is 0.712. The van der Waals surface area contributed by atoms with E-state index in [-0.39, 0.29) is 17.6 Å². The molecule has 2 aromatic carbocycles. The number of benzene rings is 2. The van der Waals surface area contributed by atoms with Crippen molar-refractivity contribution in [3.8, 4) is 23.0 Å². The fraction of sp³-hybridized carbons (Fsp3) is 0.375. The van der Waals surface area contributed by atoms with Crippen molar-refractivity contribution in [3.05, 3.63) is 53.1 Å². The maximum atomic E-state index is 12.7. The summed E-state index contributed by atoms with van der Waals surface area (Å²) >= 11 is 0. The van der Waals surface area contributed by atoms with Gasteiger partial charge in [0.1, 0.15) is 11.4 Å². The molecule has 1 atom stereocenters. The SMILES string of the molecule is COc1ccc(/C=C/C(=O)N[C@H]2CC(C)(C)Oc3ccc(C)cc32)c(OC)c1OC. The molecule has 1 aliphatic heterocycles. The number of ether oxygens (including phenoxy) is 4. The van der Waals surface area contributed by atoms with E-state index < -0.39 is 0 Å². The van der Waals surface area contributed by atoms with E-state index in [1.807, 2.05) is 39.0 Å². The predicted octanol–water partition coefficient (Wildman–Crippen LogP) is 4.45. The zero-order valence-electron chi connectivity index (χ0n) is 18.4. The molecule has 3 rings (SSSR count). The molecule has 2 aromatic rings. The summed E-state index contributed by atoms with van der Waals surface area (Å²) in [7, 11) is 4.67. The molecular weight excluding hydrogens is 382 g/mol. The Morgan fingerprint density at radius 3 is 2.50 bits per heavy atom. The van der Waals surface area contributed by atoms with Crippen LogP contribution in [0.5, 0.6) is 23.0 Å². The normalized spacial score (nSPS) is 17.1. The van der Waals surface area contributed by atoms with Crippen molar-refractivity contribution in [3.63, 3.8) is 0 Å². The van der Waals surface area contributed by atoms with Gasteiger partial charge >= 0.3 is 0 Å². The van der Waals surface area contributed by atoms with Gasteiger partial charge in [-0.1, -0.05) is 17.7 Å². The highest BCUT2D eigenvalue weighted by molar-refractivity contribution is 5.92. The summed E-state index contributed by atoms with van der Waals surface area (Å²) in [6, 6.07) is 9.51. The first-order valence-corrected chi connectivity index (χ1v) is 9.85. The number of nitrogens with one attached hydrogen (secondary N) is 1. The van der Waals surface area contributed by atoms with E-state index in [2.05, 4.69) is 11.4 Å². The molecule has 1 amide bonds. The summed E-state index contributed by atoms with van der Waals surface area (Å²) in [5.74, 6) is 2.18. The lowest BCUT2D eigenvalue weighted by molar-refractivity contribution is -0.117. The van der Waals surface area contributed by atoms with Crippen molar-refractivity contribution in [2.24, 2.45) is 0 Å². The van der Waals surface area contributed by atoms with Gasteiger partial charge in [0.15, 0.2) is 11.5 Å². The minimum absolute atomic E-state index is 0.131. The van der Waals surface area contributed by atoms with E-state index in [1.165, 1.54) is 6.08 Å². The van der Waals surface area contributed by atoms with Gasteiger partial charge in [0, 0.05) is 23.6 Å². The highest BCUT2D eigenvalue weighted by Crippen LogP contribution is 2.41. The average molecular weight is 411 g/mol. The monoisotopic (exact) mass is 411 g/mol. The van der Waals surface area contributed by atoms with Gasteiger partial charge in [-0.25, -0.2) is 0 Å². The third kappa shape index (κ3) is 4.53. The van der Waals surface area contributed by atoms with Crippen LogP contribution in [0.15, 0.2) is 36.4 Å². The summed E-state index contributed by atoms with van der Waals surface area (Å²) in [6.07, 6.45) is 3.89. The molecule has 0 unspecified atom stereocenters. The van der Waals surface area contributed by atoms with Crippen molar-refractivity contribution < 1.29 is 23.7 Å². The number of methoxy groups -OCH3 is 3. The first-order valence-electron chi connectivity index (χ1n) is 9.85. The molecule has 6 nitrogen and oxygen atoms in total. The molecule has 0 aliphatic carbocycles. The maximum Gasteiger partial charge on any atom is 0.244 e. The molecule has 0 saturated carbocycles. The fourth-order valence-corrected chi connectivity index (χ4v) is 3.74. The number of amides is 1. The van der Waals surface area contributed by atoms with Gasteiger partial charge in [0.05, 0.1) is 27.4 Å². The van der Waals surface area contributed by atoms with Crippen molar-refractivity contribution in [1.82, 2.24) is 5.32 Å². The largest absolute Gasteiger partial charge is 0.493 e. The number of hydrogen-bond donors (Lipinski definition) is 1. The van der Waals surface area contributed by atoms with Crippen LogP contribution in [-0.2, 0) is 4.79 Å². The molecule has 1 N–H and O–H groups in total. The summed E-state index contributed by atoms with van der Waals surface area (Å²) in [4.78, 5) is 12.7. The number of hydrogen-bond acceptors (Lipinski definition) is 5. The number of carbonyl (C=O) groups excluding carboxylic acids is 1. The molecular formula is C24H29NO5. The first-order chi connectivity index (χ1) is 14.3. The topological polar surface area (TPSA) is 66.0 Å². The molecule has 30 heavy (non-hydrogen) atoms. The highest BCUT2D eigenvalue weighted by atomic mass is 16.5. The Morgan fingerprint density at radius 2 is 1.83 bits per heavy atom. The summed E-state index contributed by atoms with van der Waals surface area (Å²) in [5.41, 5.74) is 2.48. The third-order valence-electron chi connectivity index (χ3n) is 5.09. The molecule has 0 aromatic heterocycles. The first kappa shape index (κ1) is 21.6.